The molecule has 4 heteroatoms. The molecule has 1 N–H and O–H groups in total. The Hall–Kier alpha value is -1.98. The zero-order valence-corrected chi connectivity index (χ0v) is 21.5. The predicted octanol–water partition coefficient (Wildman–Crippen LogP) is 6.23. The van der Waals surface area contributed by atoms with E-state index in [2.05, 4.69) is 112 Å². The summed E-state index contributed by atoms with van der Waals surface area (Å²) in [7, 11) is -2.46. The molecule has 2 heterocycles. The highest BCUT2D eigenvalue weighted by Crippen LogP contribution is 2.54. The van der Waals surface area contributed by atoms with Gasteiger partial charge in [-0.15, -0.1) is 22.7 Å². The van der Waals surface area contributed by atoms with Crippen LogP contribution in [0, 0.1) is 13.8 Å². The highest BCUT2D eigenvalue weighted by Gasteiger charge is 2.53. The van der Waals surface area contributed by atoms with E-state index in [-0.39, 0.29) is 5.54 Å². The lowest BCUT2D eigenvalue weighted by molar-refractivity contribution is 0.513. The van der Waals surface area contributed by atoms with Gasteiger partial charge in [0, 0.05) is 30.6 Å². The molecule has 2 aromatic heterocycles. The second-order valence-electron chi connectivity index (χ2n) is 9.62. The summed E-state index contributed by atoms with van der Waals surface area (Å²) in [4.78, 5) is 10.2. The summed E-state index contributed by atoms with van der Waals surface area (Å²) in [5, 5.41) is 2.91. The molecule has 31 heavy (non-hydrogen) atoms. The van der Waals surface area contributed by atoms with Crippen molar-refractivity contribution in [2.75, 3.05) is 0 Å². The summed E-state index contributed by atoms with van der Waals surface area (Å²) in [6.45, 7) is 11.5. The van der Waals surface area contributed by atoms with Crippen LogP contribution in [0.2, 0.25) is 0 Å². The third-order valence-corrected chi connectivity index (χ3v) is 13.8. The van der Waals surface area contributed by atoms with Crippen molar-refractivity contribution in [3.8, 4) is 11.1 Å². The first-order valence-electron chi connectivity index (χ1n) is 10.9. The molecule has 1 aliphatic rings. The Morgan fingerprint density at radius 3 is 1.52 bits per heavy atom. The van der Waals surface area contributed by atoms with Gasteiger partial charge in [-0.25, -0.2) is 0 Å². The Morgan fingerprint density at radius 1 is 0.710 bits per heavy atom. The number of fused-ring (bicyclic) bond motifs is 3. The van der Waals surface area contributed by atoms with E-state index in [1.165, 1.54) is 31.3 Å². The molecule has 0 saturated carbocycles. The van der Waals surface area contributed by atoms with Gasteiger partial charge in [-0.05, 0) is 68.3 Å². The maximum Gasteiger partial charge on any atom is 0.204 e. The van der Waals surface area contributed by atoms with Crippen molar-refractivity contribution in [2.24, 2.45) is 0 Å². The Bertz CT molecular complexity index is 1130. The molecular formula is C27H29NS2Si. The van der Waals surface area contributed by atoms with Crippen molar-refractivity contribution in [1.82, 2.24) is 4.98 Å². The van der Waals surface area contributed by atoms with Gasteiger partial charge in [-0.2, -0.15) is 0 Å². The average molecular weight is 460 g/mol. The second kappa shape index (κ2) is 7.56. The molecule has 0 fully saturated rings. The molecule has 2 aromatic carbocycles. The lowest BCUT2D eigenvalue weighted by Crippen LogP contribution is -2.75. The normalized spacial score (nSPS) is 14.0. The van der Waals surface area contributed by atoms with Gasteiger partial charge in [-0.1, -0.05) is 60.7 Å². The van der Waals surface area contributed by atoms with Gasteiger partial charge in [-0.3, -0.25) is 0 Å². The van der Waals surface area contributed by atoms with Crippen LogP contribution in [0.5, 0.6) is 0 Å². The van der Waals surface area contributed by atoms with Crippen LogP contribution in [0.4, 0.5) is 0 Å². The maximum atomic E-state index is 4.30. The summed E-state index contributed by atoms with van der Waals surface area (Å²) < 4.78 is 0. The smallest absolute Gasteiger partial charge is 0.204 e. The van der Waals surface area contributed by atoms with Crippen LogP contribution < -0.4 is 15.4 Å². The molecule has 4 aromatic rings. The van der Waals surface area contributed by atoms with Crippen LogP contribution in [0.1, 0.15) is 45.8 Å². The van der Waals surface area contributed by atoms with Gasteiger partial charge >= 0.3 is 0 Å². The van der Waals surface area contributed by atoms with Crippen molar-refractivity contribution >= 4 is 41.3 Å². The zero-order valence-electron chi connectivity index (χ0n) is 18.8. The minimum atomic E-state index is -2.46. The molecule has 0 bridgehead atoms. The average Bonchev–Trinajstić information content (AvgIpc) is 3.36. The van der Waals surface area contributed by atoms with E-state index in [0.29, 0.717) is 5.54 Å². The largest absolute Gasteiger partial charge is 0.325 e. The Morgan fingerprint density at radius 2 is 1.13 bits per heavy atom. The van der Waals surface area contributed by atoms with Crippen molar-refractivity contribution in [3.05, 3.63) is 92.3 Å². The molecule has 1 nitrogen and oxygen atoms in total. The van der Waals surface area contributed by atoms with Crippen LogP contribution in [0.25, 0.3) is 11.1 Å². The van der Waals surface area contributed by atoms with E-state index in [1.807, 2.05) is 22.7 Å². The topological polar surface area (TPSA) is 12.0 Å². The first-order chi connectivity index (χ1) is 14.8. The van der Waals surface area contributed by atoms with Gasteiger partial charge in [0.15, 0.2) is 0 Å². The van der Waals surface area contributed by atoms with Gasteiger partial charge in [0.05, 0.1) is 0 Å². The number of thiophene rings is 2. The van der Waals surface area contributed by atoms with Crippen molar-refractivity contribution < 1.29 is 0 Å². The Balaban J connectivity index is 1.89. The minimum Gasteiger partial charge on any atom is -0.325 e. The summed E-state index contributed by atoms with van der Waals surface area (Å²) in [5.41, 5.74) is 3.29. The van der Waals surface area contributed by atoms with Gasteiger partial charge in [0.25, 0.3) is 0 Å². The highest BCUT2D eigenvalue weighted by atomic mass is 32.1. The third-order valence-electron chi connectivity index (χ3n) is 6.05. The summed E-state index contributed by atoms with van der Waals surface area (Å²) in [6, 6.07) is 27.4. The highest BCUT2D eigenvalue weighted by molar-refractivity contribution is 7.18. The Kier molecular flexibility index (Phi) is 5.09. The van der Waals surface area contributed by atoms with E-state index >= 15 is 0 Å². The number of aryl methyl sites for hydroxylation is 2. The summed E-state index contributed by atoms with van der Waals surface area (Å²) in [6.07, 6.45) is 0. The first-order valence-corrected chi connectivity index (χ1v) is 14.6. The molecule has 5 rings (SSSR count). The SMILES string of the molecule is Cc1cc2c(s1)C([Si](NC(C)(C)C)(c1ccccc1)c1ccccc1)c1sc(C)cc1-2. The number of hydrogen-bond donors (Lipinski definition) is 1. The van der Waals surface area contributed by atoms with Gasteiger partial charge in [0.1, 0.15) is 0 Å². The third kappa shape index (κ3) is 3.46. The maximum absolute atomic E-state index is 4.30. The van der Waals surface area contributed by atoms with Crippen LogP contribution in [0.15, 0.2) is 72.8 Å². The number of benzene rings is 2. The summed E-state index contributed by atoms with van der Waals surface area (Å²) in [5.74, 6) is 0. The van der Waals surface area contributed by atoms with Crippen molar-refractivity contribution in [3.63, 3.8) is 0 Å². The molecule has 1 aliphatic carbocycles. The molecule has 0 atom stereocenters. The fourth-order valence-corrected chi connectivity index (χ4v) is 13.9. The van der Waals surface area contributed by atoms with Crippen molar-refractivity contribution in [2.45, 2.75) is 45.7 Å². The standard InChI is InChI=1S/C27H29NS2Si/c1-18-16-22-23-17-19(2)30-25(23)26(24(22)29-18)31(28-27(3,4)5,20-12-8-6-9-13-20)21-14-10-7-11-15-21/h6-17,26,28H,1-5H3. The van der Waals surface area contributed by atoms with Crippen LogP contribution in [0.3, 0.4) is 0 Å². The van der Waals surface area contributed by atoms with Gasteiger partial charge in [0.2, 0.25) is 8.24 Å². The van der Waals surface area contributed by atoms with Gasteiger partial charge < -0.3 is 4.98 Å². The quantitative estimate of drug-likeness (QED) is 0.357. The lowest BCUT2D eigenvalue weighted by Gasteiger charge is -2.43. The molecule has 0 radical (unpaired) electrons. The number of rotatable bonds is 4. The van der Waals surface area contributed by atoms with Crippen LogP contribution in [-0.2, 0) is 0 Å². The van der Waals surface area contributed by atoms with E-state index in [9.17, 15) is 0 Å². The molecule has 0 aliphatic heterocycles. The summed E-state index contributed by atoms with van der Waals surface area (Å²) >= 11 is 3.99. The van der Waals surface area contributed by atoms with E-state index in [1.54, 1.807) is 9.75 Å². The lowest BCUT2D eigenvalue weighted by atomic mass is 10.1. The van der Waals surface area contributed by atoms with Crippen molar-refractivity contribution in [1.29, 1.82) is 0 Å². The van der Waals surface area contributed by atoms with E-state index < -0.39 is 8.24 Å². The number of nitrogens with one attached hydrogen (secondary N) is 1. The van der Waals surface area contributed by atoms with Crippen LogP contribution in [-0.4, -0.2) is 13.8 Å². The zero-order chi connectivity index (χ0) is 21.8. The Labute approximate surface area is 194 Å². The minimum absolute atomic E-state index is 0.0145. The molecule has 158 valence electrons. The van der Waals surface area contributed by atoms with Crippen LogP contribution >= 0.6 is 22.7 Å². The molecule has 0 spiro atoms. The molecule has 0 saturated heterocycles. The monoisotopic (exact) mass is 459 g/mol. The fraction of sp³-hybridized carbons (Fsp3) is 0.259. The molecular weight excluding hydrogens is 431 g/mol. The van der Waals surface area contributed by atoms with E-state index in [4.69, 9.17) is 0 Å². The first kappa shape index (κ1) is 20.9. The fourth-order valence-electron chi connectivity index (χ4n) is 5.14. The van der Waals surface area contributed by atoms with E-state index in [0.717, 1.165) is 0 Å². The molecule has 0 unspecified atom stereocenters. The predicted molar refractivity (Wildman–Crippen MR) is 140 cm³/mol. The number of hydrogen-bond acceptors (Lipinski definition) is 3. The molecule has 0 amide bonds. The second-order valence-corrected chi connectivity index (χ2v) is 15.8.